The fraction of sp³-hybridized carbons (Fsp3) is 0.471. The van der Waals surface area contributed by atoms with E-state index < -0.39 is 5.60 Å². The van der Waals surface area contributed by atoms with E-state index in [4.69, 9.17) is 0 Å². The van der Waals surface area contributed by atoms with E-state index in [1.807, 2.05) is 28.7 Å². The molecule has 2 heterocycles. The Balaban J connectivity index is 2.23. The highest BCUT2D eigenvalue weighted by atomic mass is 32.2. The van der Waals surface area contributed by atoms with Crippen molar-refractivity contribution in [2.24, 2.45) is 0 Å². The minimum atomic E-state index is -0.803. The molecule has 0 aliphatic rings. The zero-order valence-electron chi connectivity index (χ0n) is 14.2. The van der Waals surface area contributed by atoms with Gasteiger partial charge in [-0.05, 0) is 32.4 Å². The molecule has 0 saturated carbocycles. The average molecular weight is 346 g/mol. The first kappa shape index (κ1) is 17.0. The van der Waals surface area contributed by atoms with Crippen LogP contribution in [-0.2, 0) is 6.54 Å². The van der Waals surface area contributed by atoms with Crippen molar-refractivity contribution in [2.45, 2.75) is 50.9 Å². The molecule has 6 nitrogen and oxygen atoms in total. The molecule has 7 heteroatoms. The summed E-state index contributed by atoms with van der Waals surface area (Å²) in [6.45, 7) is 6.24. The number of rotatable bonds is 6. The molecule has 0 spiro atoms. The number of aromatic nitrogens is 4. The van der Waals surface area contributed by atoms with E-state index in [9.17, 15) is 9.90 Å². The molecule has 0 unspecified atom stereocenters. The quantitative estimate of drug-likeness (QED) is 0.695. The smallest absolute Gasteiger partial charge is 0.262 e. The number of thioether (sulfide) groups is 1. The van der Waals surface area contributed by atoms with Crippen LogP contribution < -0.4 is 5.56 Å². The van der Waals surface area contributed by atoms with Crippen LogP contribution in [0.25, 0.3) is 16.7 Å². The van der Waals surface area contributed by atoms with E-state index in [0.29, 0.717) is 28.6 Å². The summed E-state index contributed by atoms with van der Waals surface area (Å²) in [5.74, 6) is 1.06. The molecule has 0 saturated heterocycles. The Morgan fingerprint density at radius 2 is 2.00 bits per heavy atom. The van der Waals surface area contributed by atoms with E-state index in [2.05, 4.69) is 17.1 Å². The molecule has 0 radical (unpaired) electrons. The zero-order valence-corrected chi connectivity index (χ0v) is 15.0. The highest BCUT2D eigenvalue weighted by Crippen LogP contribution is 2.24. The standard InChI is InChI=1S/C17H22N4O2S/c1-4-5-10-20-14(22)12-8-6-7-9-13(12)21-15(20)18-19-16(21)24-11-17(2,3)23/h6-9,23H,4-5,10-11H2,1-3H3. The van der Waals surface area contributed by atoms with Gasteiger partial charge in [-0.3, -0.25) is 13.8 Å². The number of benzene rings is 1. The molecular formula is C17H22N4O2S. The van der Waals surface area contributed by atoms with Crippen molar-refractivity contribution in [3.63, 3.8) is 0 Å². The molecule has 0 atom stereocenters. The van der Waals surface area contributed by atoms with Gasteiger partial charge in [0.2, 0.25) is 5.78 Å². The van der Waals surface area contributed by atoms with Crippen LogP contribution in [0.1, 0.15) is 33.6 Å². The second-order valence-electron chi connectivity index (χ2n) is 6.55. The maximum atomic E-state index is 12.8. The van der Waals surface area contributed by atoms with Crippen LogP contribution in [-0.4, -0.2) is 35.6 Å². The lowest BCUT2D eigenvalue weighted by atomic mass is 10.2. The molecule has 1 N–H and O–H groups in total. The monoisotopic (exact) mass is 346 g/mol. The van der Waals surface area contributed by atoms with Gasteiger partial charge in [0.1, 0.15) is 0 Å². The summed E-state index contributed by atoms with van der Waals surface area (Å²) in [7, 11) is 0. The van der Waals surface area contributed by atoms with Crippen LogP contribution in [0.5, 0.6) is 0 Å². The normalized spacial score (nSPS) is 12.3. The fourth-order valence-corrected chi connectivity index (χ4v) is 3.48. The summed E-state index contributed by atoms with van der Waals surface area (Å²) in [6, 6.07) is 7.52. The second kappa shape index (κ2) is 6.57. The first-order valence-electron chi connectivity index (χ1n) is 8.14. The molecule has 2 aromatic heterocycles. The van der Waals surface area contributed by atoms with Gasteiger partial charge in [-0.25, -0.2) is 0 Å². The molecule has 0 fully saturated rings. The van der Waals surface area contributed by atoms with E-state index >= 15 is 0 Å². The Kier molecular flexibility index (Phi) is 4.64. The Bertz CT molecular complexity index is 924. The van der Waals surface area contributed by atoms with Crippen molar-refractivity contribution >= 4 is 28.4 Å². The van der Waals surface area contributed by atoms with Gasteiger partial charge in [-0.15, -0.1) is 10.2 Å². The summed E-state index contributed by atoms with van der Waals surface area (Å²) in [6.07, 6.45) is 1.91. The lowest BCUT2D eigenvalue weighted by Gasteiger charge is -2.15. The molecule has 128 valence electrons. The number of aryl methyl sites for hydroxylation is 1. The van der Waals surface area contributed by atoms with Gasteiger partial charge in [0.15, 0.2) is 5.16 Å². The molecule has 1 aromatic carbocycles. The third kappa shape index (κ3) is 3.18. The third-order valence-corrected chi connectivity index (χ3v) is 5.14. The lowest BCUT2D eigenvalue weighted by Crippen LogP contribution is -2.24. The van der Waals surface area contributed by atoms with E-state index in [1.54, 1.807) is 18.4 Å². The molecule has 3 rings (SSSR count). The largest absolute Gasteiger partial charge is 0.390 e. The number of aliphatic hydroxyl groups is 1. The van der Waals surface area contributed by atoms with Gasteiger partial charge in [0.05, 0.1) is 16.5 Å². The first-order chi connectivity index (χ1) is 11.4. The highest BCUT2D eigenvalue weighted by Gasteiger charge is 2.19. The van der Waals surface area contributed by atoms with Crippen molar-refractivity contribution in [1.29, 1.82) is 0 Å². The van der Waals surface area contributed by atoms with Crippen molar-refractivity contribution < 1.29 is 5.11 Å². The molecule has 3 aromatic rings. The van der Waals surface area contributed by atoms with Gasteiger partial charge in [0, 0.05) is 12.3 Å². The minimum Gasteiger partial charge on any atom is -0.390 e. The van der Waals surface area contributed by atoms with Crippen LogP contribution in [0, 0.1) is 0 Å². The minimum absolute atomic E-state index is 0.0296. The second-order valence-corrected chi connectivity index (χ2v) is 7.49. The van der Waals surface area contributed by atoms with Gasteiger partial charge < -0.3 is 5.11 Å². The van der Waals surface area contributed by atoms with Gasteiger partial charge in [-0.2, -0.15) is 0 Å². The van der Waals surface area contributed by atoms with Crippen LogP contribution in [0.2, 0.25) is 0 Å². The van der Waals surface area contributed by atoms with Crippen LogP contribution in [0.4, 0.5) is 0 Å². The summed E-state index contributed by atoms with van der Waals surface area (Å²) in [4.78, 5) is 12.8. The third-order valence-electron chi connectivity index (χ3n) is 3.77. The van der Waals surface area contributed by atoms with Crippen LogP contribution in [0.15, 0.2) is 34.2 Å². The Morgan fingerprint density at radius 3 is 2.71 bits per heavy atom. The Hall–Kier alpha value is -1.86. The Labute approximate surface area is 144 Å². The van der Waals surface area contributed by atoms with E-state index in [-0.39, 0.29) is 5.56 Å². The summed E-state index contributed by atoms with van der Waals surface area (Å²) >= 11 is 1.44. The maximum absolute atomic E-state index is 12.8. The van der Waals surface area contributed by atoms with Gasteiger partial charge in [0.25, 0.3) is 5.56 Å². The van der Waals surface area contributed by atoms with Crippen molar-refractivity contribution in [1.82, 2.24) is 19.2 Å². The number of nitrogens with zero attached hydrogens (tertiary/aromatic N) is 4. The van der Waals surface area contributed by atoms with Crippen molar-refractivity contribution in [2.75, 3.05) is 5.75 Å². The Morgan fingerprint density at radius 1 is 1.25 bits per heavy atom. The first-order valence-corrected chi connectivity index (χ1v) is 9.13. The summed E-state index contributed by atoms with van der Waals surface area (Å²) in [5, 5.41) is 19.9. The topological polar surface area (TPSA) is 72.4 Å². The number of fused-ring (bicyclic) bond motifs is 3. The lowest BCUT2D eigenvalue weighted by molar-refractivity contribution is 0.107. The van der Waals surface area contributed by atoms with Crippen molar-refractivity contribution in [3.05, 3.63) is 34.6 Å². The molecule has 24 heavy (non-hydrogen) atoms. The van der Waals surface area contributed by atoms with E-state index in [0.717, 1.165) is 18.4 Å². The molecule has 0 aliphatic heterocycles. The molecule has 0 aliphatic carbocycles. The van der Waals surface area contributed by atoms with Gasteiger partial charge in [-0.1, -0.05) is 37.2 Å². The summed E-state index contributed by atoms with van der Waals surface area (Å²) < 4.78 is 3.62. The molecule has 0 amide bonds. The number of hydrogen-bond donors (Lipinski definition) is 1. The summed E-state index contributed by atoms with van der Waals surface area (Å²) in [5.41, 5.74) is -0.0327. The predicted molar refractivity (Wildman–Crippen MR) is 96.7 cm³/mol. The maximum Gasteiger partial charge on any atom is 0.262 e. The zero-order chi connectivity index (χ0) is 17.3. The molecule has 0 bridgehead atoms. The van der Waals surface area contributed by atoms with E-state index in [1.165, 1.54) is 11.8 Å². The molecular weight excluding hydrogens is 324 g/mol. The fourth-order valence-electron chi connectivity index (χ4n) is 2.59. The number of para-hydroxylation sites is 1. The van der Waals surface area contributed by atoms with Gasteiger partial charge >= 0.3 is 0 Å². The SMILES string of the molecule is CCCCn1c(=O)c2ccccc2n2c(SCC(C)(C)O)nnc12. The average Bonchev–Trinajstić information content (AvgIpc) is 2.96. The van der Waals surface area contributed by atoms with Crippen LogP contribution in [0.3, 0.4) is 0 Å². The van der Waals surface area contributed by atoms with Crippen molar-refractivity contribution in [3.8, 4) is 0 Å². The number of hydrogen-bond acceptors (Lipinski definition) is 5. The highest BCUT2D eigenvalue weighted by molar-refractivity contribution is 7.99. The predicted octanol–water partition coefficient (Wildman–Crippen LogP) is 2.71. The van der Waals surface area contributed by atoms with Crippen LogP contribution >= 0.6 is 11.8 Å². The number of unbranched alkanes of at least 4 members (excludes halogenated alkanes) is 1.